The molecule has 2 heterocycles. The van der Waals surface area contributed by atoms with Crippen LogP contribution in [0.25, 0.3) is 5.95 Å². The van der Waals surface area contributed by atoms with Crippen molar-refractivity contribution in [3.63, 3.8) is 0 Å². The van der Waals surface area contributed by atoms with E-state index >= 15 is 0 Å². The van der Waals surface area contributed by atoms with Gasteiger partial charge in [-0.3, -0.25) is 0 Å². The molecule has 2 rings (SSSR count). The molecule has 4 nitrogen and oxygen atoms in total. The molecule has 0 N–H and O–H groups in total. The topological polar surface area (TPSA) is 43.6 Å². The van der Waals surface area contributed by atoms with Crippen molar-refractivity contribution in [2.45, 2.75) is 13.8 Å². The van der Waals surface area contributed by atoms with Crippen molar-refractivity contribution < 1.29 is 0 Å². The Labute approximate surface area is 86.6 Å². The lowest BCUT2D eigenvalue weighted by atomic mass is 10.4. The lowest BCUT2D eigenvalue weighted by Gasteiger charge is -2.00. The Bertz CT molecular complexity index is 464. The van der Waals surface area contributed by atoms with Gasteiger partial charge in [-0.2, -0.15) is 10.1 Å². The van der Waals surface area contributed by atoms with Crippen LogP contribution in [0.1, 0.15) is 11.4 Å². The first-order valence-corrected chi connectivity index (χ1v) is 4.57. The van der Waals surface area contributed by atoms with Gasteiger partial charge in [-0.15, -0.1) is 0 Å². The molecule has 0 unspecified atom stereocenters. The molecule has 0 aromatic carbocycles. The van der Waals surface area contributed by atoms with Crippen molar-refractivity contribution in [2.75, 3.05) is 0 Å². The van der Waals surface area contributed by atoms with Crippen LogP contribution < -0.4 is 0 Å². The quantitative estimate of drug-likeness (QED) is 0.673. The molecule has 0 fully saturated rings. The van der Waals surface area contributed by atoms with Gasteiger partial charge in [-0.05, 0) is 26.0 Å². The van der Waals surface area contributed by atoms with Crippen LogP contribution in [0.15, 0.2) is 18.3 Å². The summed E-state index contributed by atoms with van der Waals surface area (Å²) in [5, 5.41) is 4.67. The van der Waals surface area contributed by atoms with E-state index in [1.807, 2.05) is 19.9 Å². The number of aryl methyl sites for hydroxylation is 2. The van der Waals surface area contributed by atoms with Gasteiger partial charge >= 0.3 is 0 Å². The van der Waals surface area contributed by atoms with Crippen LogP contribution in [0.4, 0.5) is 0 Å². The highest BCUT2D eigenvalue weighted by Gasteiger charge is 2.05. The van der Waals surface area contributed by atoms with Crippen molar-refractivity contribution >= 4 is 11.6 Å². The zero-order valence-electron chi connectivity index (χ0n) is 7.90. The molecular formula is C9H9ClN4. The highest BCUT2D eigenvalue weighted by Crippen LogP contribution is 2.09. The molecule has 0 amide bonds. The Hall–Kier alpha value is -1.42. The van der Waals surface area contributed by atoms with E-state index in [0.29, 0.717) is 11.1 Å². The highest BCUT2D eigenvalue weighted by atomic mass is 35.5. The zero-order chi connectivity index (χ0) is 10.1. The van der Waals surface area contributed by atoms with Gasteiger partial charge in [0.15, 0.2) is 0 Å². The first-order valence-electron chi connectivity index (χ1n) is 4.19. The summed E-state index contributed by atoms with van der Waals surface area (Å²) in [5.41, 5.74) is 1.93. The monoisotopic (exact) mass is 208 g/mol. The Morgan fingerprint density at radius 1 is 1.36 bits per heavy atom. The van der Waals surface area contributed by atoms with Crippen LogP contribution in [-0.4, -0.2) is 19.7 Å². The van der Waals surface area contributed by atoms with Gasteiger partial charge in [-0.1, -0.05) is 11.6 Å². The Morgan fingerprint density at radius 2 is 2.14 bits per heavy atom. The average Bonchev–Trinajstić information content (AvgIpc) is 2.45. The van der Waals surface area contributed by atoms with Crippen molar-refractivity contribution in [1.82, 2.24) is 19.7 Å². The summed E-state index contributed by atoms with van der Waals surface area (Å²) in [6.07, 6.45) is 1.61. The van der Waals surface area contributed by atoms with Gasteiger partial charge in [0.1, 0.15) is 5.15 Å². The molecule has 2 aromatic rings. The summed E-state index contributed by atoms with van der Waals surface area (Å²) in [6.45, 7) is 3.87. The summed E-state index contributed by atoms with van der Waals surface area (Å²) < 4.78 is 1.67. The van der Waals surface area contributed by atoms with Crippen LogP contribution in [0, 0.1) is 13.8 Å². The van der Waals surface area contributed by atoms with Crippen LogP contribution in [0.5, 0.6) is 0 Å². The highest BCUT2D eigenvalue weighted by molar-refractivity contribution is 6.29. The van der Waals surface area contributed by atoms with Gasteiger partial charge in [0.05, 0.1) is 5.69 Å². The molecule has 0 saturated carbocycles. The maximum atomic E-state index is 5.76. The molecule has 0 bridgehead atoms. The molecule has 0 atom stereocenters. The van der Waals surface area contributed by atoms with Crippen molar-refractivity contribution in [2.24, 2.45) is 0 Å². The summed E-state index contributed by atoms with van der Waals surface area (Å²) in [7, 11) is 0. The van der Waals surface area contributed by atoms with E-state index in [4.69, 9.17) is 11.6 Å². The minimum atomic E-state index is 0.419. The van der Waals surface area contributed by atoms with Crippen LogP contribution in [-0.2, 0) is 0 Å². The molecule has 0 radical (unpaired) electrons. The molecule has 0 aliphatic carbocycles. The number of aromatic nitrogens is 4. The van der Waals surface area contributed by atoms with Gasteiger partial charge in [0, 0.05) is 11.9 Å². The predicted molar refractivity (Wildman–Crippen MR) is 53.6 cm³/mol. The average molecular weight is 209 g/mol. The Morgan fingerprint density at radius 3 is 2.71 bits per heavy atom. The number of hydrogen-bond acceptors (Lipinski definition) is 3. The first-order chi connectivity index (χ1) is 6.66. The summed E-state index contributed by atoms with van der Waals surface area (Å²) >= 11 is 5.76. The van der Waals surface area contributed by atoms with Crippen LogP contribution in [0.3, 0.4) is 0 Å². The number of rotatable bonds is 1. The molecule has 0 aliphatic rings. The second-order valence-electron chi connectivity index (χ2n) is 3.02. The largest absolute Gasteiger partial charge is 0.252 e. The third-order valence-electron chi connectivity index (χ3n) is 1.81. The van der Waals surface area contributed by atoms with E-state index < -0.39 is 0 Å². The maximum Gasteiger partial charge on any atom is 0.252 e. The summed E-state index contributed by atoms with van der Waals surface area (Å²) in [6, 6.07) is 3.60. The van der Waals surface area contributed by atoms with E-state index in [-0.39, 0.29) is 0 Å². The second kappa shape index (κ2) is 3.38. The number of hydrogen-bond donors (Lipinski definition) is 0. The lowest BCUT2D eigenvalue weighted by molar-refractivity contribution is 0.774. The van der Waals surface area contributed by atoms with Gasteiger partial charge < -0.3 is 0 Å². The molecule has 2 aromatic heterocycles. The van der Waals surface area contributed by atoms with Crippen molar-refractivity contribution in [3.8, 4) is 5.95 Å². The van der Waals surface area contributed by atoms with E-state index in [1.165, 1.54) is 0 Å². The maximum absolute atomic E-state index is 5.76. The molecule has 5 heteroatoms. The third kappa shape index (κ3) is 1.61. The van der Waals surface area contributed by atoms with Crippen LogP contribution >= 0.6 is 11.6 Å². The van der Waals surface area contributed by atoms with Gasteiger partial charge in [0.25, 0.3) is 5.95 Å². The molecule has 0 spiro atoms. The molecular weight excluding hydrogens is 200 g/mol. The van der Waals surface area contributed by atoms with E-state index in [9.17, 15) is 0 Å². The second-order valence-corrected chi connectivity index (χ2v) is 3.41. The standard InChI is InChI=1S/C9H9ClN4/c1-6-5-7(2)14(13-6)9-11-4-3-8(10)12-9/h3-5H,1-2H3. The third-order valence-corrected chi connectivity index (χ3v) is 2.02. The summed E-state index contributed by atoms with van der Waals surface area (Å²) in [5.74, 6) is 0.503. The van der Waals surface area contributed by atoms with E-state index in [0.717, 1.165) is 11.4 Å². The lowest BCUT2D eigenvalue weighted by Crippen LogP contribution is -2.04. The first kappa shape index (κ1) is 9.15. The molecule has 0 saturated heterocycles. The summed E-state index contributed by atoms with van der Waals surface area (Å²) in [4.78, 5) is 8.16. The molecule has 14 heavy (non-hydrogen) atoms. The zero-order valence-corrected chi connectivity index (χ0v) is 8.65. The molecule has 0 aliphatic heterocycles. The van der Waals surface area contributed by atoms with Crippen molar-refractivity contribution in [1.29, 1.82) is 0 Å². The van der Waals surface area contributed by atoms with Gasteiger partial charge in [0.2, 0.25) is 0 Å². The Balaban J connectivity index is 2.54. The normalized spacial score (nSPS) is 10.5. The minimum Gasteiger partial charge on any atom is -0.220 e. The van der Waals surface area contributed by atoms with E-state index in [2.05, 4.69) is 15.1 Å². The SMILES string of the molecule is Cc1cc(C)n(-c2nccc(Cl)n2)n1. The predicted octanol–water partition coefficient (Wildman–Crippen LogP) is 1.93. The fourth-order valence-electron chi connectivity index (χ4n) is 1.26. The fourth-order valence-corrected chi connectivity index (χ4v) is 1.39. The molecule has 72 valence electrons. The number of halogens is 1. The fraction of sp³-hybridized carbons (Fsp3) is 0.222. The minimum absolute atomic E-state index is 0.419. The smallest absolute Gasteiger partial charge is 0.220 e. The number of nitrogens with zero attached hydrogens (tertiary/aromatic N) is 4. The van der Waals surface area contributed by atoms with E-state index in [1.54, 1.807) is 16.9 Å². The van der Waals surface area contributed by atoms with Gasteiger partial charge in [-0.25, -0.2) is 9.67 Å². The Kier molecular flexibility index (Phi) is 2.21. The van der Waals surface area contributed by atoms with Crippen molar-refractivity contribution in [3.05, 3.63) is 34.9 Å². The van der Waals surface area contributed by atoms with Crippen LogP contribution in [0.2, 0.25) is 5.15 Å².